The Bertz CT molecular complexity index is 556. The number of hydrogen-bond acceptors (Lipinski definition) is 1. The maximum atomic E-state index is 10.8. The summed E-state index contributed by atoms with van der Waals surface area (Å²) in [7, 11) is 0. The molecule has 0 saturated heterocycles. The average molecular weight is 352 g/mol. The first-order valence-corrected chi connectivity index (χ1v) is 7.05. The van der Waals surface area contributed by atoms with Crippen molar-refractivity contribution in [2.45, 2.75) is 26.4 Å². The number of hydrogen-bond donors (Lipinski definition) is 1. The van der Waals surface area contributed by atoms with Gasteiger partial charge in [0.15, 0.2) is 0 Å². The van der Waals surface area contributed by atoms with Gasteiger partial charge in [-0.2, -0.15) is 0 Å². The van der Waals surface area contributed by atoms with Crippen LogP contribution in [0.15, 0.2) is 42.5 Å². The zero-order chi connectivity index (χ0) is 13.3. The van der Waals surface area contributed by atoms with Gasteiger partial charge in [0.25, 0.3) is 0 Å². The van der Waals surface area contributed by atoms with E-state index in [2.05, 4.69) is 48.6 Å². The number of aliphatic hydroxyl groups is 1. The molecule has 2 aromatic carbocycles. The van der Waals surface area contributed by atoms with E-state index in [9.17, 15) is 5.11 Å². The van der Waals surface area contributed by atoms with Gasteiger partial charge in [-0.25, -0.2) is 0 Å². The van der Waals surface area contributed by atoms with Crippen LogP contribution in [0.2, 0.25) is 0 Å². The van der Waals surface area contributed by atoms with Crippen molar-refractivity contribution in [1.82, 2.24) is 0 Å². The van der Waals surface area contributed by atoms with Crippen molar-refractivity contribution in [3.8, 4) is 0 Å². The monoisotopic (exact) mass is 352 g/mol. The van der Waals surface area contributed by atoms with Gasteiger partial charge < -0.3 is 5.11 Å². The highest BCUT2D eigenvalue weighted by atomic mass is 127. The minimum Gasteiger partial charge on any atom is -0.381 e. The second kappa shape index (κ2) is 5.02. The molecule has 0 bridgehead atoms. The van der Waals surface area contributed by atoms with Crippen LogP contribution in [0.3, 0.4) is 0 Å². The maximum absolute atomic E-state index is 10.8. The normalized spacial score (nSPS) is 14.3. The summed E-state index contributed by atoms with van der Waals surface area (Å²) >= 11 is 2.27. The molecule has 94 valence electrons. The molecule has 0 aliphatic heterocycles. The molecule has 1 unspecified atom stereocenters. The van der Waals surface area contributed by atoms with E-state index in [0.29, 0.717) is 0 Å². The Morgan fingerprint density at radius 3 is 2.00 bits per heavy atom. The van der Waals surface area contributed by atoms with Crippen LogP contribution in [-0.4, -0.2) is 5.11 Å². The molecule has 2 rings (SSSR count). The molecular weight excluding hydrogens is 335 g/mol. The predicted molar refractivity (Wildman–Crippen MR) is 83.7 cm³/mol. The van der Waals surface area contributed by atoms with Crippen molar-refractivity contribution in [2.24, 2.45) is 0 Å². The third-order valence-electron chi connectivity index (χ3n) is 3.48. The lowest BCUT2D eigenvalue weighted by Gasteiger charge is -2.25. The van der Waals surface area contributed by atoms with Crippen LogP contribution in [0.1, 0.15) is 29.2 Å². The highest BCUT2D eigenvalue weighted by Crippen LogP contribution is 2.30. The highest BCUT2D eigenvalue weighted by molar-refractivity contribution is 14.1. The summed E-state index contributed by atoms with van der Waals surface area (Å²) in [4.78, 5) is 0. The fourth-order valence-corrected chi connectivity index (χ4v) is 2.34. The minimum absolute atomic E-state index is 0.922. The first-order valence-electron chi connectivity index (χ1n) is 5.97. The van der Waals surface area contributed by atoms with Gasteiger partial charge in [-0.05, 0) is 77.7 Å². The zero-order valence-corrected chi connectivity index (χ0v) is 13.0. The van der Waals surface area contributed by atoms with E-state index in [0.717, 1.165) is 11.1 Å². The molecule has 0 fully saturated rings. The summed E-state index contributed by atoms with van der Waals surface area (Å²) in [5.74, 6) is 0. The van der Waals surface area contributed by atoms with Crippen molar-refractivity contribution in [2.75, 3.05) is 0 Å². The molecule has 0 saturated carbocycles. The van der Waals surface area contributed by atoms with Gasteiger partial charge in [0.05, 0.1) is 0 Å². The molecule has 0 amide bonds. The molecule has 2 aromatic rings. The van der Waals surface area contributed by atoms with Gasteiger partial charge in [0, 0.05) is 3.57 Å². The van der Waals surface area contributed by atoms with E-state index in [-0.39, 0.29) is 0 Å². The van der Waals surface area contributed by atoms with Gasteiger partial charge in [-0.3, -0.25) is 0 Å². The molecule has 1 atom stereocenters. The summed E-state index contributed by atoms with van der Waals surface area (Å²) in [6, 6.07) is 14.1. The fraction of sp³-hybridized carbons (Fsp3) is 0.250. The van der Waals surface area contributed by atoms with Gasteiger partial charge >= 0.3 is 0 Å². The molecule has 18 heavy (non-hydrogen) atoms. The van der Waals surface area contributed by atoms with Crippen molar-refractivity contribution in [1.29, 1.82) is 0 Å². The van der Waals surface area contributed by atoms with Crippen molar-refractivity contribution < 1.29 is 5.11 Å². The van der Waals surface area contributed by atoms with E-state index in [4.69, 9.17) is 0 Å². The smallest absolute Gasteiger partial charge is 0.112 e. The second-order valence-corrected chi connectivity index (χ2v) is 6.12. The standard InChI is InChI=1S/C16H17IO/c1-11-4-5-14(10-12(11)2)16(3,18)13-6-8-15(17)9-7-13/h4-10,18H,1-3H3. The molecule has 0 heterocycles. The first-order chi connectivity index (χ1) is 8.41. The number of halogens is 1. The van der Waals surface area contributed by atoms with Crippen LogP contribution < -0.4 is 0 Å². The lowest BCUT2D eigenvalue weighted by Crippen LogP contribution is -2.22. The summed E-state index contributed by atoms with van der Waals surface area (Å²) in [5, 5.41) is 10.8. The SMILES string of the molecule is Cc1ccc(C(C)(O)c2ccc(I)cc2)cc1C. The van der Waals surface area contributed by atoms with Crippen molar-refractivity contribution in [3.05, 3.63) is 68.3 Å². The van der Waals surface area contributed by atoms with Crippen LogP contribution >= 0.6 is 22.6 Å². The average Bonchev–Trinajstić information content (AvgIpc) is 2.33. The Morgan fingerprint density at radius 2 is 1.44 bits per heavy atom. The van der Waals surface area contributed by atoms with Gasteiger partial charge in [-0.1, -0.05) is 30.3 Å². The van der Waals surface area contributed by atoms with E-state index in [1.54, 1.807) is 0 Å². The third kappa shape index (κ3) is 2.59. The van der Waals surface area contributed by atoms with E-state index < -0.39 is 5.60 Å². The Balaban J connectivity index is 2.46. The lowest BCUT2D eigenvalue weighted by atomic mass is 9.87. The summed E-state index contributed by atoms with van der Waals surface area (Å²) in [5.41, 5.74) is 3.37. The van der Waals surface area contributed by atoms with E-state index >= 15 is 0 Å². The van der Waals surface area contributed by atoms with Crippen molar-refractivity contribution in [3.63, 3.8) is 0 Å². The lowest BCUT2D eigenvalue weighted by molar-refractivity contribution is 0.102. The molecule has 1 N–H and O–H groups in total. The van der Waals surface area contributed by atoms with Gasteiger partial charge in [-0.15, -0.1) is 0 Å². The molecule has 2 heteroatoms. The largest absolute Gasteiger partial charge is 0.381 e. The van der Waals surface area contributed by atoms with Crippen LogP contribution in [0.25, 0.3) is 0 Å². The molecule has 0 radical (unpaired) electrons. The fourth-order valence-electron chi connectivity index (χ4n) is 1.99. The highest BCUT2D eigenvalue weighted by Gasteiger charge is 2.25. The van der Waals surface area contributed by atoms with E-state index in [1.807, 2.05) is 37.3 Å². The maximum Gasteiger partial charge on any atom is 0.112 e. The Labute approximate surface area is 122 Å². The van der Waals surface area contributed by atoms with Crippen LogP contribution in [0.5, 0.6) is 0 Å². The molecule has 1 nitrogen and oxygen atoms in total. The van der Waals surface area contributed by atoms with Crippen LogP contribution in [0, 0.1) is 17.4 Å². The Kier molecular flexibility index (Phi) is 3.78. The summed E-state index contributed by atoms with van der Waals surface area (Å²) in [6.45, 7) is 6.00. The Hall–Kier alpha value is -0.870. The predicted octanol–water partition coefficient (Wildman–Crippen LogP) is 4.16. The minimum atomic E-state index is -0.942. The van der Waals surface area contributed by atoms with Gasteiger partial charge in [0.2, 0.25) is 0 Å². The topological polar surface area (TPSA) is 20.2 Å². The third-order valence-corrected chi connectivity index (χ3v) is 4.19. The summed E-state index contributed by atoms with van der Waals surface area (Å²) in [6.07, 6.45) is 0. The van der Waals surface area contributed by atoms with E-state index in [1.165, 1.54) is 14.7 Å². The first kappa shape index (κ1) is 13.6. The molecule has 0 aliphatic rings. The zero-order valence-electron chi connectivity index (χ0n) is 10.9. The number of rotatable bonds is 2. The summed E-state index contributed by atoms with van der Waals surface area (Å²) < 4.78 is 1.17. The number of benzene rings is 2. The molecule has 0 aromatic heterocycles. The van der Waals surface area contributed by atoms with Gasteiger partial charge in [0.1, 0.15) is 5.60 Å². The second-order valence-electron chi connectivity index (χ2n) is 4.88. The molecule has 0 spiro atoms. The number of aryl methyl sites for hydroxylation is 2. The van der Waals surface area contributed by atoms with Crippen LogP contribution in [0.4, 0.5) is 0 Å². The van der Waals surface area contributed by atoms with Crippen LogP contribution in [-0.2, 0) is 5.60 Å². The molecule has 0 aliphatic carbocycles. The Morgan fingerprint density at radius 1 is 0.889 bits per heavy atom. The quantitative estimate of drug-likeness (QED) is 0.805. The van der Waals surface area contributed by atoms with Crippen molar-refractivity contribution >= 4 is 22.6 Å². The molecular formula is C16H17IO.